The van der Waals surface area contributed by atoms with Crippen molar-refractivity contribution >= 4 is 17.1 Å². The highest BCUT2D eigenvalue weighted by Crippen LogP contribution is 2.56. The lowest BCUT2D eigenvalue weighted by Gasteiger charge is -2.04. The van der Waals surface area contributed by atoms with Gasteiger partial charge in [0.25, 0.3) is 0 Å². The SMILES string of the molecule is O=C(c1ccsc1)C1C2CCCCC21. The predicted octanol–water partition coefficient (Wildman–Crippen LogP) is 3.37. The van der Waals surface area contributed by atoms with Crippen LogP contribution in [0.4, 0.5) is 0 Å². The van der Waals surface area contributed by atoms with E-state index in [0.29, 0.717) is 11.7 Å². The summed E-state index contributed by atoms with van der Waals surface area (Å²) in [6.07, 6.45) is 5.28. The van der Waals surface area contributed by atoms with E-state index in [9.17, 15) is 4.79 Å². The van der Waals surface area contributed by atoms with Crippen molar-refractivity contribution in [3.05, 3.63) is 22.4 Å². The standard InChI is InChI=1S/C12H14OS/c13-12(8-5-6-14-7-8)11-9-3-1-2-4-10(9)11/h5-7,9-11H,1-4H2. The minimum Gasteiger partial charge on any atom is -0.294 e. The number of carbonyl (C=O) groups excluding carboxylic acids is 1. The molecular weight excluding hydrogens is 192 g/mol. The number of hydrogen-bond acceptors (Lipinski definition) is 2. The Hall–Kier alpha value is -0.630. The molecule has 2 atom stereocenters. The molecule has 2 aliphatic carbocycles. The van der Waals surface area contributed by atoms with Gasteiger partial charge in [0.15, 0.2) is 5.78 Å². The maximum atomic E-state index is 12.0. The van der Waals surface area contributed by atoms with Gasteiger partial charge < -0.3 is 0 Å². The maximum absolute atomic E-state index is 12.0. The minimum atomic E-state index is 0.395. The van der Waals surface area contributed by atoms with E-state index in [0.717, 1.165) is 17.4 Å². The van der Waals surface area contributed by atoms with Crippen molar-refractivity contribution in [3.63, 3.8) is 0 Å². The van der Waals surface area contributed by atoms with E-state index < -0.39 is 0 Å². The molecule has 0 N–H and O–H groups in total. The molecule has 1 heterocycles. The molecule has 1 aromatic rings. The van der Waals surface area contributed by atoms with Crippen molar-refractivity contribution in [2.45, 2.75) is 25.7 Å². The highest BCUT2D eigenvalue weighted by molar-refractivity contribution is 7.08. The molecule has 1 nitrogen and oxygen atoms in total. The van der Waals surface area contributed by atoms with Crippen LogP contribution >= 0.6 is 11.3 Å². The van der Waals surface area contributed by atoms with Gasteiger partial charge in [0.2, 0.25) is 0 Å². The Bertz CT molecular complexity index is 329. The summed E-state index contributed by atoms with van der Waals surface area (Å²) in [4.78, 5) is 12.0. The first-order valence-electron chi connectivity index (χ1n) is 5.44. The summed E-state index contributed by atoms with van der Waals surface area (Å²) in [5, 5.41) is 3.99. The quantitative estimate of drug-likeness (QED) is 0.678. The third-order valence-corrected chi connectivity index (χ3v) is 4.45. The van der Waals surface area contributed by atoms with Crippen molar-refractivity contribution in [2.24, 2.45) is 17.8 Å². The minimum absolute atomic E-state index is 0.395. The van der Waals surface area contributed by atoms with Crippen LogP contribution in [0.5, 0.6) is 0 Å². The number of thiophene rings is 1. The molecule has 74 valence electrons. The van der Waals surface area contributed by atoms with Crippen LogP contribution in [0, 0.1) is 17.8 Å². The van der Waals surface area contributed by atoms with Crippen molar-refractivity contribution in [3.8, 4) is 0 Å². The second-order valence-electron chi connectivity index (χ2n) is 4.51. The summed E-state index contributed by atoms with van der Waals surface area (Å²) >= 11 is 1.63. The molecule has 0 bridgehead atoms. The fourth-order valence-corrected chi connectivity index (χ4v) is 3.62. The summed E-state index contributed by atoms with van der Waals surface area (Å²) < 4.78 is 0. The van der Waals surface area contributed by atoms with Gasteiger partial charge in [-0.25, -0.2) is 0 Å². The summed E-state index contributed by atoms with van der Waals surface area (Å²) in [7, 11) is 0. The van der Waals surface area contributed by atoms with Crippen LogP contribution in [0.3, 0.4) is 0 Å². The van der Waals surface area contributed by atoms with E-state index in [1.165, 1.54) is 25.7 Å². The van der Waals surface area contributed by atoms with Crippen LogP contribution in [0.25, 0.3) is 0 Å². The van der Waals surface area contributed by atoms with Gasteiger partial charge >= 0.3 is 0 Å². The molecule has 0 amide bonds. The van der Waals surface area contributed by atoms with Crippen LogP contribution < -0.4 is 0 Å². The van der Waals surface area contributed by atoms with E-state index in [2.05, 4.69) is 0 Å². The number of carbonyl (C=O) groups is 1. The Morgan fingerprint density at radius 3 is 2.57 bits per heavy atom. The van der Waals surface area contributed by atoms with Crippen LogP contribution in [0.2, 0.25) is 0 Å². The second kappa shape index (κ2) is 3.20. The molecule has 2 unspecified atom stereocenters. The van der Waals surface area contributed by atoms with Gasteiger partial charge in [0.05, 0.1) is 0 Å². The van der Waals surface area contributed by atoms with Gasteiger partial charge in [0.1, 0.15) is 0 Å². The molecule has 14 heavy (non-hydrogen) atoms. The maximum Gasteiger partial charge on any atom is 0.167 e. The van der Waals surface area contributed by atoms with E-state index in [4.69, 9.17) is 0 Å². The topological polar surface area (TPSA) is 17.1 Å². The van der Waals surface area contributed by atoms with Crippen molar-refractivity contribution < 1.29 is 4.79 Å². The third-order valence-electron chi connectivity index (χ3n) is 3.76. The predicted molar refractivity (Wildman–Crippen MR) is 57.6 cm³/mol. The summed E-state index contributed by atoms with van der Waals surface area (Å²) in [5.41, 5.74) is 0.953. The Balaban J connectivity index is 1.76. The molecule has 0 aromatic carbocycles. The first-order valence-corrected chi connectivity index (χ1v) is 6.38. The van der Waals surface area contributed by atoms with Crippen molar-refractivity contribution in [1.29, 1.82) is 0 Å². The Kier molecular flexibility index (Phi) is 1.98. The Morgan fingerprint density at radius 1 is 1.29 bits per heavy atom. The zero-order valence-corrected chi connectivity index (χ0v) is 8.93. The lowest BCUT2D eigenvalue weighted by Crippen LogP contribution is -2.02. The molecule has 0 saturated heterocycles. The normalized spacial score (nSPS) is 35.0. The van der Waals surface area contributed by atoms with Crippen LogP contribution in [0.1, 0.15) is 36.0 Å². The molecular formula is C12H14OS. The number of fused-ring (bicyclic) bond motifs is 1. The Morgan fingerprint density at radius 2 is 2.00 bits per heavy atom. The van der Waals surface area contributed by atoms with Gasteiger partial charge in [-0.2, -0.15) is 11.3 Å². The van der Waals surface area contributed by atoms with Gasteiger partial charge in [-0.15, -0.1) is 0 Å². The average molecular weight is 206 g/mol. The molecule has 2 saturated carbocycles. The molecule has 0 aliphatic heterocycles. The largest absolute Gasteiger partial charge is 0.294 e. The summed E-state index contributed by atoms with van der Waals surface area (Å²) in [6, 6.07) is 1.97. The molecule has 0 spiro atoms. The van der Waals surface area contributed by atoms with E-state index in [1.807, 2.05) is 16.8 Å². The second-order valence-corrected chi connectivity index (χ2v) is 5.29. The molecule has 0 radical (unpaired) electrons. The smallest absolute Gasteiger partial charge is 0.167 e. The average Bonchev–Trinajstić information content (AvgIpc) is 2.70. The van der Waals surface area contributed by atoms with E-state index >= 15 is 0 Å². The zero-order valence-electron chi connectivity index (χ0n) is 8.11. The van der Waals surface area contributed by atoms with Gasteiger partial charge in [-0.05, 0) is 36.1 Å². The number of rotatable bonds is 2. The molecule has 2 fully saturated rings. The molecule has 1 aromatic heterocycles. The highest BCUT2D eigenvalue weighted by atomic mass is 32.1. The van der Waals surface area contributed by atoms with Gasteiger partial charge in [-0.1, -0.05) is 12.8 Å². The number of Topliss-reactive ketones (excluding diaryl/α,β-unsaturated/α-hetero) is 1. The first kappa shape index (κ1) is 8.66. The number of hydrogen-bond donors (Lipinski definition) is 0. The van der Waals surface area contributed by atoms with Crippen LogP contribution in [-0.4, -0.2) is 5.78 Å². The van der Waals surface area contributed by atoms with E-state index in [-0.39, 0.29) is 0 Å². The number of ketones is 1. The van der Waals surface area contributed by atoms with Crippen molar-refractivity contribution in [2.75, 3.05) is 0 Å². The van der Waals surface area contributed by atoms with Crippen LogP contribution in [0.15, 0.2) is 16.8 Å². The molecule has 2 heteroatoms. The van der Waals surface area contributed by atoms with Crippen LogP contribution in [-0.2, 0) is 0 Å². The summed E-state index contributed by atoms with van der Waals surface area (Å²) in [6.45, 7) is 0. The van der Waals surface area contributed by atoms with Gasteiger partial charge in [-0.3, -0.25) is 4.79 Å². The van der Waals surface area contributed by atoms with Crippen molar-refractivity contribution in [1.82, 2.24) is 0 Å². The first-order chi connectivity index (χ1) is 6.88. The Labute approximate surface area is 88.1 Å². The van der Waals surface area contributed by atoms with Gasteiger partial charge in [0, 0.05) is 16.9 Å². The van der Waals surface area contributed by atoms with E-state index in [1.54, 1.807) is 11.3 Å². The molecule has 3 rings (SSSR count). The molecule has 2 aliphatic rings. The highest BCUT2D eigenvalue weighted by Gasteiger charge is 2.54. The fourth-order valence-electron chi connectivity index (χ4n) is 2.98. The lowest BCUT2D eigenvalue weighted by atomic mass is 10.0. The third kappa shape index (κ3) is 1.24. The lowest BCUT2D eigenvalue weighted by molar-refractivity contribution is 0.0957. The monoisotopic (exact) mass is 206 g/mol. The zero-order chi connectivity index (χ0) is 9.54. The fraction of sp³-hybridized carbons (Fsp3) is 0.583. The summed E-state index contributed by atoms with van der Waals surface area (Å²) in [5.74, 6) is 2.31.